The van der Waals surface area contributed by atoms with Crippen molar-refractivity contribution in [2.24, 2.45) is 0 Å². The number of aryl methyl sites for hydroxylation is 1. The summed E-state index contributed by atoms with van der Waals surface area (Å²) in [5, 5.41) is 36.3. The minimum atomic E-state index is -1.16. The quantitative estimate of drug-likeness (QED) is 0.310. The first kappa shape index (κ1) is 24.0. The molecular formula is C20H30O8. The van der Waals surface area contributed by atoms with E-state index in [-0.39, 0.29) is 24.3 Å². The summed E-state index contributed by atoms with van der Waals surface area (Å²) < 4.78 is 10.8. The Morgan fingerprint density at radius 1 is 0.750 bits per heavy atom. The lowest BCUT2D eigenvalue weighted by molar-refractivity contribution is 0.0694. The Labute approximate surface area is 164 Å². The predicted octanol–water partition coefficient (Wildman–Crippen LogP) is 1.75. The third-order valence-electron chi connectivity index (χ3n) is 4.16. The number of aromatic carboxylic acids is 2. The molecule has 0 fully saturated rings. The van der Waals surface area contributed by atoms with E-state index in [0.29, 0.717) is 76.1 Å². The summed E-state index contributed by atoms with van der Waals surface area (Å²) >= 11 is 0. The van der Waals surface area contributed by atoms with Crippen molar-refractivity contribution in [2.75, 3.05) is 39.6 Å². The van der Waals surface area contributed by atoms with E-state index in [4.69, 9.17) is 19.7 Å². The Kier molecular flexibility index (Phi) is 12.1. The van der Waals surface area contributed by atoms with Crippen molar-refractivity contribution in [2.45, 2.75) is 38.5 Å². The third-order valence-corrected chi connectivity index (χ3v) is 4.16. The zero-order chi connectivity index (χ0) is 20.8. The number of hydrogen-bond acceptors (Lipinski definition) is 6. The molecule has 0 aliphatic carbocycles. The van der Waals surface area contributed by atoms with Crippen LogP contribution in [0.15, 0.2) is 12.1 Å². The van der Waals surface area contributed by atoms with Gasteiger partial charge in [0.25, 0.3) is 0 Å². The predicted molar refractivity (Wildman–Crippen MR) is 102 cm³/mol. The summed E-state index contributed by atoms with van der Waals surface area (Å²) in [7, 11) is 0. The molecule has 0 heterocycles. The highest BCUT2D eigenvalue weighted by Crippen LogP contribution is 2.22. The molecule has 0 saturated heterocycles. The van der Waals surface area contributed by atoms with Crippen molar-refractivity contribution < 1.29 is 39.5 Å². The SMILES string of the molecule is O=C(O)c1cc(CCCOCCCO)c(CCCOCCCO)c(C(=O)O)c1. The second kappa shape index (κ2) is 14.1. The van der Waals surface area contributed by atoms with Crippen LogP contribution in [-0.2, 0) is 22.3 Å². The molecule has 1 aromatic carbocycles. The molecule has 0 aromatic heterocycles. The molecule has 4 N–H and O–H groups in total. The van der Waals surface area contributed by atoms with E-state index in [1.165, 1.54) is 12.1 Å². The number of aliphatic hydroxyl groups is 2. The van der Waals surface area contributed by atoms with Crippen molar-refractivity contribution in [3.05, 3.63) is 34.4 Å². The molecule has 28 heavy (non-hydrogen) atoms. The normalized spacial score (nSPS) is 10.9. The first-order chi connectivity index (χ1) is 13.5. The maximum atomic E-state index is 11.7. The van der Waals surface area contributed by atoms with Crippen LogP contribution in [0.1, 0.15) is 57.5 Å². The lowest BCUT2D eigenvalue weighted by Crippen LogP contribution is -2.12. The molecule has 0 amide bonds. The molecule has 0 spiro atoms. The Morgan fingerprint density at radius 2 is 1.29 bits per heavy atom. The molecule has 0 radical (unpaired) electrons. The van der Waals surface area contributed by atoms with Crippen LogP contribution in [0.2, 0.25) is 0 Å². The van der Waals surface area contributed by atoms with Crippen molar-refractivity contribution in [1.82, 2.24) is 0 Å². The molecular weight excluding hydrogens is 368 g/mol. The van der Waals surface area contributed by atoms with Crippen LogP contribution in [0.3, 0.4) is 0 Å². The number of hydrogen-bond donors (Lipinski definition) is 4. The monoisotopic (exact) mass is 398 g/mol. The molecule has 8 nitrogen and oxygen atoms in total. The van der Waals surface area contributed by atoms with Gasteiger partial charge in [0.1, 0.15) is 0 Å². The molecule has 0 aliphatic heterocycles. The largest absolute Gasteiger partial charge is 0.478 e. The molecule has 0 bridgehead atoms. The van der Waals surface area contributed by atoms with E-state index in [1.807, 2.05) is 0 Å². The van der Waals surface area contributed by atoms with Crippen LogP contribution in [0.4, 0.5) is 0 Å². The molecule has 1 aromatic rings. The van der Waals surface area contributed by atoms with Crippen LogP contribution in [0, 0.1) is 0 Å². The van der Waals surface area contributed by atoms with Crippen LogP contribution in [0.5, 0.6) is 0 Å². The molecule has 1 rings (SSSR count). The highest BCUT2D eigenvalue weighted by molar-refractivity contribution is 5.95. The molecule has 0 atom stereocenters. The summed E-state index contributed by atoms with van der Waals surface area (Å²) in [6.45, 7) is 1.90. The lowest BCUT2D eigenvalue weighted by Gasteiger charge is -2.15. The van der Waals surface area contributed by atoms with Crippen LogP contribution in [-0.4, -0.2) is 72.0 Å². The van der Waals surface area contributed by atoms with Gasteiger partial charge in [-0.25, -0.2) is 9.59 Å². The zero-order valence-electron chi connectivity index (χ0n) is 16.1. The van der Waals surface area contributed by atoms with E-state index in [1.54, 1.807) is 0 Å². The third kappa shape index (κ3) is 8.79. The second-order valence-electron chi connectivity index (χ2n) is 6.36. The van der Waals surface area contributed by atoms with E-state index in [0.717, 1.165) is 0 Å². The molecule has 0 aliphatic rings. The summed E-state index contributed by atoms with van der Waals surface area (Å²) in [5.74, 6) is -2.32. The Balaban J connectivity index is 2.84. The Morgan fingerprint density at radius 3 is 1.79 bits per heavy atom. The number of carbonyl (C=O) groups is 2. The fourth-order valence-corrected chi connectivity index (χ4v) is 2.82. The average Bonchev–Trinajstić information content (AvgIpc) is 2.67. The summed E-state index contributed by atoms with van der Waals surface area (Å²) in [4.78, 5) is 23.0. The van der Waals surface area contributed by atoms with Gasteiger partial charge in [0.2, 0.25) is 0 Å². The van der Waals surface area contributed by atoms with E-state index >= 15 is 0 Å². The Hall–Kier alpha value is -2.00. The highest BCUT2D eigenvalue weighted by atomic mass is 16.5. The van der Waals surface area contributed by atoms with Gasteiger partial charge in [-0.05, 0) is 61.8 Å². The number of rotatable bonds is 16. The smallest absolute Gasteiger partial charge is 0.335 e. The topological polar surface area (TPSA) is 134 Å². The molecule has 8 heteroatoms. The fourth-order valence-electron chi connectivity index (χ4n) is 2.82. The van der Waals surface area contributed by atoms with Gasteiger partial charge < -0.3 is 29.9 Å². The summed E-state index contributed by atoms with van der Waals surface area (Å²) in [6.07, 6.45) is 3.28. The number of benzene rings is 1. The van der Waals surface area contributed by atoms with Crippen LogP contribution < -0.4 is 0 Å². The van der Waals surface area contributed by atoms with Gasteiger partial charge in [-0.15, -0.1) is 0 Å². The first-order valence-electron chi connectivity index (χ1n) is 9.50. The summed E-state index contributed by atoms with van der Waals surface area (Å²) in [6, 6.07) is 2.73. The van der Waals surface area contributed by atoms with Crippen molar-refractivity contribution >= 4 is 11.9 Å². The number of carboxylic acids is 2. The van der Waals surface area contributed by atoms with E-state index < -0.39 is 11.9 Å². The maximum absolute atomic E-state index is 11.7. The summed E-state index contributed by atoms with van der Waals surface area (Å²) in [5.41, 5.74) is 1.28. The standard InChI is InChI=1S/C20H30O8/c21-7-3-11-27-9-1-5-15-13-16(19(23)24)14-18(20(25)26)17(15)6-2-10-28-12-4-8-22/h13-14,21-22H,1-12H2,(H,23,24)(H,25,26). The van der Waals surface area contributed by atoms with Gasteiger partial charge in [0, 0.05) is 39.6 Å². The fraction of sp³-hybridized carbons (Fsp3) is 0.600. The lowest BCUT2D eigenvalue weighted by atomic mass is 9.92. The van der Waals surface area contributed by atoms with Gasteiger partial charge in [-0.2, -0.15) is 0 Å². The zero-order valence-corrected chi connectivity index (χ0v) is 16.1. The maximum Gasteiger partial charge on any atom is 0.335 e. The second-order valence-corrected chi connectivity index (χ2v) is 6.36. The molecule has 0 unspecified atom stereocenters. The van der Waals surface area contributed by atoms with Gasteiger partial charge in [-0.1, -0.05) is 0 Å². The van der Waals surface area contributed by atoms with E-state index in [2.05, 4.69) is 0 Å². The van der Waals surface area contributed by atoms with Gasteiger partial charge in [0.15, 0.2) is 0 Å². The van der Waals surface area contributed by atoms with Crippen molar-refractivity contribution in [3.63, 3.8) is 0 Å². The Bertz CT molecular complexity index is 614. The molecule has 0 saturated carbocycles. The van der Waals surface area contributed by atoms with Crippen molar-refractivity contribution in [3.8, 4) is 0 Å². The number of aliphatic hydroxyl groups excluding tert-OH is 2. The van der Waals surface area contributed by atoms with Gasteiger partial charge in [-0.3, -0.25) is 0 Å². The number of carboxylic acid groups (broad SMARTS) is 2. The average molecular weight is 398 g/mol. The number of ether oxygens (including phenoxy) is 2. The van der Waals surface area contributed by atoms with Crippen molar-refractivity contribution in [1.29, 1.82) is 0 Å². The molecule has 158 valence electrons. The minimum Gasteiger partial charge on any atom is -0.478 e. The van der Waals surface area contributed by atoms with Gasteiger partial charge >= 0.3 is 11.9 Å². The van der Waals surface area contributed by atoms with Crippen LogP contribution in [0.25, 0.3) is 0 Å². The van der Waals surface area contributed by atoms with Crippen LogP contribution >= 0.6 is 0 Å². The van der Waals surface area contributed by atoms with Gasteiger partial charge in [0.05, 0.1) is 11.1 Å². The minimum absolute atomic E-state index is 0.00598. The highest BCUT2D eigenvalue weighted by Gasteiger charge is 2.18. The first-order valence-corrected chi connectivity index (χ1v) is 9.50. The van der Waals surface area contributed by atoms with E-state index in [9.17, 15) is 19.8 Å².